The predicted molar refractivity (Wildman–Crippen MR) is 199 cm³/mol. The van der Waals surface area contributed by atoms with E-state index in [2.05, 4.69) is 43.8 Å². The number of carbonyl (C=O) groups is 1. The van der Waals surface area contributed by atoms with E-state index in [1.165, 1.54) is 11.1 Å². The molecule has 0 aromatic heterocycles. The lowest BCUT2D eigenvalue weighted by Gasteiger charge is -2.55. The highest BCUT2D eigenvalue weighted by atomic mass is 16.7. The molecule has 1 N–H and O–H groups in total. The highest BCUT2D eigenvalue weighted by molar-refractivity contribution is 5.64. The first-order valence-electron chi connectivity index (χ1n) is 17.9. The number of aliphatic hydroxyl groups is 1. The third kappa shape index (κ3) is 9.29. The maximum atomic E-state index is 12.9. The Labute approximate surface area is 303 Å². The maximum absolute atomic E-state index is 12.9. The smallest absolute Gasteiger partial charge is 0.225 e. The zero-order valence-electron chi connectivity index (χ0n) is 30.2. The van der Waals surface area contributed by atoms with Crippen molar-refractivity contribution >= 4 is 6.29 Å². The van der Waals surface area contributed by atoms with Crippen LogP contribution in [0.15, 0.2) is 116 Å². The summed E-state index contributed by atoms with van der Waals surface area (Å²) in [6.45, 7) is 8.97. The fourth-order valence-corrected chi connectivity index (χ4v) is 6.82. The van der Waals surface area contributed by atoms with Gasteiger partial charge in [0.05, 0.1) is 32.5 Å². The molecule has 7 heteroatoms. The van der Waals surface area contributed by atoms with E-state index in [4.69, 9.17) is 23.7 Å². The van der Waals surface area contributed by atoms with Crippen LogP contribution in [0.25, 0.3) is 0 Å². The summed E-state index contributed by atoms with van der Waals surface area (Å²) in [7, 11) is 1.56. The van der Waals surface area contributed by atoms with Gasteiger partial charge < -0.3 is 33.6 Å². The van der Waals surface area contributed by atoms with Crippen molar-refractivity contribution < 1.29 is 33.6 Å². The highest BCUT2D eigenvalue weighted by Gasteiger charge is 2.62. The molecule has 7 nitrogen and oxygen atoms in total. The van der Waals surface area contributed by atoms with Crippen molar-refractivity contribution in [3.05, 3.63) is 155 Å². The van der Waals surface area contributed by atoms with Crippen molar-refractivity contribution in [3.8, 4) is 0 Å². The molecule has 1 saturated heterocycles. The molecule has 1 aliphatic rings. The third-order valence-electron chi connectivity index (χ3n) is 9.99. The number of unbranched alkanes of at least 4 members (excludes halogenated alkanes) is 1. The van der Waals surface area contributed by atoms with E-state index in [0.29, 0.717) is 24.9 Å². The van der Waals surface area contributed by atoms with Gasteiger partial charge >= 0.3 is 0 Å². The third-order valence-corrected chi connectivity index (χ3v) is 9.99. The molecular formula is C44H52O7. The molecule has 4 aromatic rings. The van der Waals surface area contributed by atoms with Crippen molar-refractivity contribution in [3.63, 3.8) is 0 Å². The minimum atomic E-state index is -1.61. The van der Waals surface area contributed by atoms with E-state index in [0.717, 1.165) is 48.1 Å². The number of benzene rings is 4. The number of carbonyl (C=O) groups excluding carboxylic acids is 1. The van der Waals surface area contributed by atoms with E-state index in [9.17, 15) is 9.90 Å². The van der Waals surface area contributed by atoms with Gasteiger partial charge in [0.1, 0.15) is 6.10 Å². The van der Waals surface area contributed by atoms with Gasteiger partial charge in [-0.15, -0.1) is 6.58 Å². The number of aldehydes is 1. The van der Waals surface area contributed by atoms with Crippen LogP contribution in [0.3, 0.4) is 0 Å². The molecule has 1 aliphatic heterocycles. The largest absolute Gasteiger partial charge is 0.393 e. The first-order chi connectivity index (χ1) is 24.9. The summed E-state index contributed by atoms with van der Waals surface area (Å²) in [4.78, 5) is 12.9. The Morgan fingerprint density at radius 3 is 2.10 bits per heavy atom. The molecule has 0 saturated carbocycles. The number of methoxy groups -OCH3 is 1. The van der Waals surface area contributed by atoms with Crippen molar-refractivity contribution in [2.24, 2.45) is 5.92 Å². The molecule has 0 bridgehead atoms. The summed E-state index contributed by atoms with van der Waals surface area (Å²) in [6, 6.07) is 34.6. The fourth-order valence-electron chi connectivity index (χ4n) is 6.82. The molecule has 270 valence electrons. The van der Waals surface area contributed by atoms with Gasteiger partial charge in [-0.1, -0.05) is 110 Å². The van der Waals surface area contributed by atoms with Gasteiger partial charge in [0.2, 0.25) is 5.79 Å². The Bertz CT molecular complexity index is 1660. The number of ether oxygens (including phenoxy) is 5. The summed E-state index contributed by atoms with van der Waals surface area (Å²) in [6.07, 6.45) is 4.73. The van der Waals surface area contributed by atoms with Gasteiger partial charge in [-0.25, -0.2) is 0 Å². The molecule has 51 heavy (non-hydrogen) atoms. The zero-order valence-corrected chi connectivity index (χ0v) is 30.2. The van der Waals surface area contributed by atoms with Crippen molar-refractivity contribution in [1.29, 1.82) is 0 Å². The monoisotopic (exact) mass is 692 g/mol. The van der Waals surface area contributed by atoms with Crippen LogP contribution in [0.4, 0.5) is 0 Å². The van der Waals surface area contributed by atoms with Crippen LogP contribution in [-0.4, -0.2) is 56.1 Å². The second-order valence-electron chi connectivity index (χ2n) is 13.4. The molecule has 1 fully saturated rings. The Morgan fingerprint density at radius 1 is 0.843 bits per heavy atom. The second kappa shape index (κ2) is 18.5. The number of rotatable bonds is 19. The minimum absolute atomic E-state index is 0.262. The molecule has 0 aliphatic carbocycles. The van der Waals surface area contributed by atoms with E-state index in [-0.39, 0.29) is 13.2 Å². The molecule has 0 spiro atoms. The SMILES string of the molecule is C=CCOCCCCc1ccc(Cc2cc([C@]3(OC)O[C@](C=O)(CO)[C@@H](C)[C@H](OCc4ccccc4)[C@H]3OCc3ccccc3)ccc2C)cc1. The Morgan fingerprint density at radius 2 is 1.49 bits per heavy atom. The van der Waals surface area contributed by atoms with Crippen molar-refractivity contribution in [2.75, 3.05) is 26.9 Å². The highest BCUT2D eigenvalue weighted by Crippen LogP contribution is 2.48. The van der Waals surface area contributed by atoms with Crippen LogP contribution >= 0.6 is 0 Å². The molecular weight excluding hydrogens is 640 g/mol. The minimum Gasteiger partial charge on any atom is -0.393 e. The molecule has 0 unspecified atom stereocenters. The molecule has 5 atom stereocenters. The van der Waals surface area contributed by atoms with E-state index in [1.807, 2.05) is 79.7 Å². The number of hydrogen-bond donors (Lipinski definition) is 1. The molecule has 1 heterocycles. The Balaban J connectivity index is 1.47. The van der Waals surface area contributed by atoms with E-state index in [1.54, 1.807) is 13.2 Å². The van der Waals surface area contributed by atoms with Crippen LogP contribution in [0.2, 0.25) is 0 Å². The maximum Gasteiger partial charge on any atom is 0.225 e. The number of aryl methyl sites for hydroxylation is 2. The summed E-state index contributed by atoms with van der Waals surface area (Å²) in [5.41, 5.74) is 5.69. The van der Waals surface area contributed by atoms with Crippen LogP contribution < -0.4 is 0 Å². The van der Waals surface area contributed by atoms with Crippen molar-refractivity contribution in [2.45, 2.75) is 76.3 Å². The van der Waals surface area contributed by atoms with E-state index < -0.39 is 36.1 Å². The predicted octanol–water partition coefficient (Wildman–Crippen LogP) is 7.68. The quantitative estimate of drug-likeness (QED) is 0.0614. The van der Waals surface area contributed by atoms with Gasteiger partial charge in [0.15, 0.2) is 11.9 Å². The topological polar surface area (TPSA) is 83.5 Å². The number of aliphatic hydroxyl groups excluding tert-OH is 1. The summed E-state index contributed by atoms with van der Waals surface area (Å²) < 4.78 is 32.1. The van der Waals surface area contributed by atoms with Crippen LogP contribution in [-0.2, 0) is 60.3 Å². The fraction of sp³-hybridized carbons (Fsp3) is 0.386. The normalized spacial score (nSPS) is 23.2. The lowest BCUT2D eigenvalue weighted by molar-refractivity contribution is -0.389. The average molecular weight is 693 g/mol. The van der Waals surface area contributed by atoms with E-state index >= 15 is 0 Å². The summed E-state index contributed by atoms with van der Waals surface area (Å²) in [5.74, 6) is -2.16. The molecule has 5 rings (SSSR count). The standard InChI is InChI=1S/C44H52O7/c1-5-25-48-26-13-12-14-35-20-22-36(23-21-35)27-39-28-40(24-19-33(39)2)44(47-4)42(50-30-38-17-10-7-11-18-38)41(34(3)43(31-45,32-46)51-44)49-29-37-15-8-6-9-16-37/h5-11,15-24,28,31,34,41-42,46H,1,12-14,25-27,29-30,32H2,2-4H3/t34-,41-,42+,43+,44-/m0/s1. The first kappa shape index (κ1) is 38.3. The van der Waals surface area contributed by atoms with Gasteiger partial charge in [-0.2, -0.15) is 0 Å². The number of hydrogen-bond acceptors (Lipinski definition) is 7. The van der Waals surface area contributed by atoms with Gasteiger partial charge in [-0.3, -0.25) is 0 Å². The zero-order chi connectivity index (χ0) is 36.1. The molecule has 0 amide bonds. The Hall–Kier alpha value is -3.95. The molecule has 4 aromatic carbocycles. The first-order valence-corrected chi connectivity index (χ1v) is 17.9. The van der Waals surface area contributed by atoms with Crippen molar-refractivity contribution in [1.82, 2.24) is 0 Å². The van der Waals surface area contributed by atoms with Gasteiger partial charge in [0, 0.05) is 25.2 Å². The lowest BCUT2D eigenvalue weighted by Crippen LogP contribution is -2.68. The van der Waals surface area contributed by atoms with Crippen LogP contribution in [0.5, 0.6) is 0 Å². The van der Waals surface area contributed by atoms with Gasteiger partial charge in [0.25, 0.3) is 0 Å². The summed E-state index contributed by atoms with van der Waals surface area (Å²) in [5, 5.41) is 10.8. The average Bonchev–Trinajstić information content (AvgIpc) is 3.17. The molecule has 0 radical (unpaired) electrons. The summed E-state index contributed by atoms with van der Waals surface area (Å²) >= 11 is 0. The Kier molecular flexibility index (Phi) is 13.9. The second-order valence-corrected chi connectivity index (χ2v) is 13.4. The van der Waals surface area contributed by atoms with Crippen LogP contribution in [0, 0.1) is 12.8 Å². The van der Waals surface area contributed by atoms with Gasteiger partial charge in [-0.05, 0) is 72.1 Å². The van der Waals surface area contributed by atoms with Crippen LogP contribution in [0.1, 0.15) is 58.7 Å². The lowest BCUT2D eigenvalue weighted by atomic mass is 9.76.